The van der Waals surface area contributed by atoms with E-state index >= 15 is 0 Å². The highest BCUT2D eigenvalue weighted by Gasteiger charge is 2.19. The van der Waals surface area contributed by atoms with Crippen molar-refractivity contribution in [2.45, 2.75) is 6.42 Å². The summed E-state index contributed by atoms with van der Waals surface area (Å²) in [6.07, 6.45) is 0.768. The topological polar surface area (TPSA) is 66.0 Å². The van der Waals surface area contributed by atoms with E-state index in [1.807, 2.05) is 0 Å². The molecule has 4 rings (SSSR count). The van der Waals surface area contributed by atoms with E-state index in [-0.39, 0.29) is 5.91 Å². The van der Waals surface area contributed by atoms with Crippen molar-refractivity contribution in [1.82, 2.24) is 0 Å². The average molecular weight is 362 g/mol. The van der Waals surface area contributed by atoms with Gasteiger partial charge in [-0.1, -0.05) is 11.6 Å². The Morgan fingerprint density at radius 2 is 1.64 bits per heavy atom. The van der Waals surface area contributed by atoms with Crippen LogP contribution in [0, 0.1) is 0 Å². The van der Waals surface area contributed by atoms with Gasteiger partial charge >= 0.3 is 0 Å². The summed E-state index contributed by atoms with van der Waals surface area (Å²) in [5.74, 6) is 1.95. The van der Waals surface area contributed by atoms with Crippen LogP contribution in [0.5, 0.6) is 23.0 Å². The van der Waals surface area contributed by atoms with Crippen molar-refractivity contribution in [1.29, 1.82) is 0 Å². The van der Waals surface area contributed by atoms with Crippen LogP contribution in [0.25, 0.3) is 0 Å². The van der Waals surface area contributed by atoms with Gasteiger partial charge < -0.3 is 24.3 Å². The first-order chi connectivity index (χ1) is 12.2. The third-order valence-electron chi connectivity index (χ3n) is 3.86. The Kier molecular flexibility index (Phi) is 4.28. The van der Waals surface area contributed by atoms with Crippen molar-refractivity contribution in [2.75, 3.05) is 31.7 Å². The Morgan fingerprint density at radius 1 is 0.880 bits per heavy atom. The Balaban J connectivity index is 1.57. The number of nitrogens with one attached hydrogen (secondary N) is 1. The zero-order valence-electron chi connectivity index (χ0n) is 13.3. The molecule has 2 heterocycles. The Labute approximate surface area is 149 Å². The van der Waals surface area contributed by atoms with Gasteiger partial charge in [0.1, 0.15) is 13.2 Å². The largest absolute Gasteiger partial charge is 0.489 e. The van der Waals surface area contributed by atoms with Crippen LogP contribution < -0.4 is 24.3 Å². The number of carbonyl (C=O) groups excluding carboxylic acids is 1. The van der Waals surface area contributed by atoms with E-state index in [1.54, 1.807) is 30.3 Å². The molecule has 0 saturated heterocycles. The van der Waals surface area contributed by atoms with E-state index in [0.717, 1.165) is 6.42 Å². The quantitative estimate of drug-likeness (QED) is 0.886. The highest BCUT2D eigenvalue weighted by molar-refractivity contribution is 6.32. The van der Waals surface area contributed by atoms with Crippen molar-refractivity contribution >= 4 is 23.2 Å². The molecule has 0 saturated carbocycles. The molecule has 130 valence electrons. The lowest BCUT2D eigenvalue weighted by Crippen LogP contribution is -2.16. The average Bonchev–Trinajstić information content (AvgIpc) is 2.87. The van der Waals surface area contributed by atoms with Crippen LogP contribution in [-0.2, 0) is 0 Å². The molecule has 0 unspecified atom stereocenters. The van der Waals surface area contributed by atoms with Gasteiger partial charge in [0.05, 0.1) is 18.2 Å². The van der Waals surface area contributed by atoms with Gasteiger partial charge in [-0.15, -0.1) is 0 Å². The summed E-state index contributed by atoms with van der Waals surface area (Å²) in [6.45, 7) is 2.07. The van der Waals surface area contributed by atoms with Gasteiger partial charge in [0.2, 0.25) is 0 Å². The normalized spacial score (nSPS) is 15.2. The van der Waals surface area contributed by atoms with Crippen LogP contribution in [0.3, 0.4) is 0 Å². The maximum atomic E-state index is 12.6. The van der Waals surface area contributed by atoms with Crippen molar-refractivity contribution in [3.8, 4) is 23.0 Å². The highest BCUT2D eigenvalue weighted by atomic mass is 35.5. The van der Waals surface area contributed by atoms with E-state index in [9.17, 15) is 4.79 Å². The Hall–Kier alpha value is -2.60. The van der Waals surface area contributed by atoms with Gasteiger partial charge in [-0.05, 0) is 24.3 Å². The third kappa shape index (κ3) is 3.30. The minimum absolute atomic E-state index is 0.297. The number of benzene rings is 2. The number of halogens is 1. The fraction of sp³-hybridized carbons (Fsp3) is 0.278. The first kappa shape index (κ1) is 15.9. The molecule has 0 atom stereocenters. The third-order valence-corrected chi connectivity index (χ3v) is 4.15. The maximum Gasteiger partial charge on any atom is 0.255 e. The highest BCUT2D eigenvalue weighted by Crippen LogP contribution is 2.38. The number of anilines is 1. The van der Waals surface area contributed by atoms with Crippen LogP contribution >= 0.6 is 11.6 Å². The van der Waals surface area contributed by atoms with Gasteiger partial charge in [-0.2, -0.15) is 0 Å². The van der Waals surface area contributed by atoms with Gasteiger partial charge in [0.15, 0.2) is 23.0 Å². The molecule has 0 fully saturated rings. The molecule has 2 aliphatic rings. The van der Waals surface area contributed by atoms with Crippen LogP contribution in [0.4, 0.5) is 5.69 Å². The molecule has 6 nitrogen and oxygen atoms in total. The molecule has 0 aliphatic carbocycles. The Bertz CT molecular complexity index is 823. The van der Waals surface area contributed by atoms with E-state index < -0.39 is 0 Å². The second-order valence-corrected chi connectivity index (χ2v) is 6.06. The predicted octanol–water partition coefficient (Wildman–Crippen LogP) is 3.52. The SMILES string of the molecule is O=C(Nc1ccc2c(c1)OCCO2)c1cc(Cl)c2c(c1)OCCCO2. The monoisotopic (exact) mass is 361 g/mol. The standard InChI is InChI=1S/C18H16ClNO5/c19-13-8-11(9-16-17(13)25-5-1-4-22-16)18(21)20-12-2-3-14-15(10-12)24-7-6-23-14/h2-3,8-10H,1,4-7H2,(H,20,21). The lowest BCUT2D eigenvalue weighted by molar-refractivity contribution is 0.102. The second-order valence-electron chi connectivity index (χ2n) is 5.65. The van der Waals surface area contributed by atoms with Gasteiger partial charge in [0.25, 0.3) is 5.91 Å². The molecule has 2 aromatic rings. The first-order valence-corrected chi connectivity index (χ1v) is 8.39. The van der Waals surface area contributed by atoms with Crippen LogP contribution in [-0.4, -0.2) is 32.3 Å². The number of hydrogen-bond acceptors (Lipinski definition) is 5. The number of ether oxygens (including phenoxy) is 4. The zero-order valence-corrected chi connectivity index (χ0v) is 14.1. The molecule has 7 heteroatoms. The van der Waals surface area contributed by atoms with Crippen molar-refractivity contribution in [2.24, 2.45) is 0 Å². The molecular formula is C18H16ClNO5. The molecule has 0 radical (unpaired) electrons. The minimum Gasteiger partial charge on any atom is -0.489 e. The summed E-state index contributed by atoms with van der Waals surface area (Å²) >= 11 is 6.24. The fourth-order valence-corrected chi connectivity index (χ4v) is 2.95. The number of amides is 1. The van der Waals surface area contributed by atoms with Crippen molar-refractivity contribution in [3.05, 3.63) is 40.9 Å². The zero-order chi connectivity index (χ0) is 17.2. The molecule has 0 bridgehead atoms. The molecule has 2 aliphatic heterocycles. The Morgan fingerprint density at radius 3 is 2.52 bits per heavy atom. The number of carbonyl (C=O) groups is 1. The lowest BCUT2D eigenvalue weighted by Gasteiger charge is -2.19. The van der Waals surface area contributed by atoms with Gasteiger partial charge in [-0.3, -0.25) is 4.79 Å². The van der Waals surface area contributed by atoms with E-state index in [4.69, 9.17) is 30.5 Å². The van der Waals surface area contributed by atoms with Crippen LogP contribution in [0.1, 0.15) is 16.8 Å². The summed E-state index contributed by atoms with van der Waals surface area (Å²) in [6, 6.07) is 8.47. The molecule has 1 N–H and O–H groups in total. The fourth-order valence-electron chi connectivity index (χ4n) is 2.69. The smallest absolute Gasteiger partial charge is 0.255 e. The summed E-state index contributed by atoms with van der Waals surface area (Å²) in [4.78, 5) is 12.6. The van der Waals surface area contributed by atoms with Gasteiger partial charge in [0, 0.05) is 23.7 Å². The van der Waals surface area contributed by atoms with Crippen LogP contribution in [0.15, 0.2) is 30.3 Å². The molecule has 25 heavy (non-hydrogen) atoms. The lowest BCUT2D eigenvalue weighted by atomic mass is 10.1. The summed E-state index contributed by atoms with van der Waals surface area (Å²) in [5, 5.41) is 3.18. The number of rotatable bonds is 2. The molecule has 1 amide bonds. The summed E-state index contributed by atoms with van der Waals surface area (Å²) in [5.41, 5.74) is 1.00. The van der Waals surface area contributed by atoms with Gasteiger partial charge in [-0.25, -0.2) is 0 Å². The van der Waals surface area contributed by atoms with E-state index in [1.165, 1.54) is 0 Å². The summed E-state index contributed by atoms with van der Waals surface area (Å²) in [7, 11) is 0. The maximum absolute atomic E-state index is 12.6. The first-order valence-electron chi connectivity index (χ1n) is 8.01. The number of hydrogen-bond donors (Lipinski definition) is 1. The second kappa shape index (κ2) is 6.72. The van der Waals surface area contributed by atoms with E-state index in [2.05, 4.69) is 5.32 Å². The van der Waals surface area contributed by atoms with E-state index in [0.29, 0.717) is 65.7 Å². The molecule has 2 aromatic carbocycles. The minimum atomic E-state index is -0.297. The molecule has 0 aromatic heterocycles. The van der Waals surface area contributed by atoms with Crippen molar-refractivity contribution < 1.29 is 23.7 Å². The predicted molar refractivity (Wildman–Crippen MR) is 92.4 cm³/mol. The van der Waals surface area contributed by atoms with Crippen LogP contribution in [0.2, 0.25) is 5.02 Å². The number of fused-ring (bicyclic) bond motifs is 2. The molecular weight excluding hydrogens is 346 g/mol. The molecule has 0 spiro atoms. The van der Waals surface area contributed by atoms with Crippen molar-refractivity contribution in [3.63, 3.8) is 0 Å². The summed E-state index contributed by atoms with van der Waals surface area (Å²) < 4.78 is 22.2.